The van der Waals surface area contributed by atoms with E-state index in [2.05, 4.69) is 10.0 Å². The summed E-state index contributed by atoms with van der Waals surface area (Å²) in [4.78, 5) is 24.8. The Bertz CT molecular complexity index is 1470. The van der Waals surface area contributed by atoms with Crippen LogP contribution in [0.5, 0.6) is 0 Å². The fraction of sp³-hybridized carbons (Fsp3) is 0.0833. The summed E-state index contributed by atoms with van der Waals surface area (Å²) in [5.74, 6) is -0.645. The maximum absolute atomic E-state index is 12.8. The highest BCUT2D eigenvalue weighted by atomic mass is 32.2. The van der Waals surface area contributed by atoms with Crippen molar-refractivity contribution in [2.24, 2.45) is 0 Å². The van der Waals surface area contributed by atoms with Crippen molar-refractivity contribution in [1.29, 1.82) is 0 Å². The topological polar surface area (TPSA) is 105 Å². The molecule has 1 heterocycles. The van der Waals surface area contributed by atoms with Crippen LogP contribution < -0.4 is 15.7 Å². The number of rotatable bonds is 5. The SMILES string of the molecule is Cc1cccc(C)c1NS(=O)(=O)c1ccc(NC(=O)c2cc3ccccc3oc2=O)cc1. The van der Waals surface area contributed by atoms with Gasteiger partial charge >= 0.3 is 5.63 Å². The number of anilines is 2. The standard InChI is InChI=1S/C24H20N2O5S/c1-15-6-5-7-16(2)22(15)26-32(29,30)19-12-10-18(11-13-19)25-23(27)20-14-17-8-3-4-9-21(17)31-24(20)28/h3-14,26H,1-2H3,(H,25,27). The van der Waals surface area contributed by atoms with E-state index in [1.165, 1.54) is 30.3 Å². The molecule has 32 heavy (non-hydrogen) atoms. The molecule has 0 spiro atoms. The summed E-state index contributed by atoms with van der Waals surface area (Å²) in [7, 11) is -3.81. The normalized spacial score (nSPS) is 11.3. The first-order valence-corrected chi connectivity index (χ1v) is 11.3. The lowest BCUT2D eigenvalue weighted by atomic mass is 10.1. The average molecular weight is 449 g/mol. The molecule has 0 bridgehead atoms. The Labute approximate surface area is 184 Å². The molecule has 0 aliphatic carbocycles. The van der Waals surface area contributed by atoms with Crippen LogP contribution in [0.2, 0.25) is 0 Å². The summed E-state index contributed by atoms with van der Waals surface area (Å²) in [6.45, 7) is 3.65. The maximum Gasteiger partial charge on any atom is 0.349 e. The van der Waals surface area contributed by atoms with E-state index in [1.807, 2.05) is 32.0 Å². The fourth-order valence-corrected chi connectivity index (χ4v) is 4.51. The first kappa shape index (κ1) is 21.3. The number of benzene rings is 3. The number of sulfonamides is 1. The van der Waals surface area contributed by atoms with Crippen molar-refractivity contribution in [3.05, 3.63) is 99.9 Å². The molecule has 0 saturated heterocycles. The van der Waals surface area contributed by atoms with Gasteiger partial charge in [-0.2, -0.15) is 0 Å². The van der Waals surface area contributed by atoms with Gasteiger partial charge in [-0.3, -0.25) is 9.52 Å². The molecular formula is C24H20N2O5S. The smallest absolute Gasteiger partial charge is 0.349 e. The number of amides is 1. The minimum absolute atomic E-state index is 0.0448. The molecule has 1 aromatic heterocycles. The highest BCUT2D eigenvalue weighted by molar-refractivity contribution is 7.92. The molecule has 0 atom stereocenters. The Balaban J connectivity index is 1.54. The second kappa shape index (κ2) is 8.32. The number of carbonyl (C=O) groups excluding carboxylic acids is 1. The van der Waals surface area contributed by atoms with Crippen molar-refractivity contribution in [2.45, 2.75) is 18.7 Å². The zero-order valence-corrected chi connectivity index (χ0v) is 18.2. The highest BCUT2D eigenvalue weighted by Gasteiger charge is 2.18. The van der Waals surface area contributed by atoms with Crippen molar-refractivity contribution in [3.8, 4) is 0 Å². The first-order valence-electron chi connectivity index (χ1n) is 9.78. The summed E-state index contributed by atoms with van der Waals surface area (Å²) < 4.78 is 33.4. The summed E-state index contributed by atoms with van der Waals surface area (Å²) in [6.07, 6.45) is 0. The summed E-state index contributed by atoms with van der Waals surface area (Å²) in [6, 6.07) is 19.5. The van der Waals surface area contributed by atoms with Crippen molar-refractivity contribution in [2.75, 3.05) is 10.0 Å². The minimum Gasteiger partial charge on any atom is -0.422 e. The molecule has 2 N–H and O–H groups in total. The Morgan fingerprint density at radius 2 is 1.53 bits per heavy atom. The van der Waals surface area contributed by atoms with Gasteiger partial charge in [-0.25, -0.2) is 13.2 Å². The number of aryl methyl sites for hydroxylation is 2. The Morgan fingerprint density at radius 3 is 2.22 bits per heavy atom. The quantitative estimate of drug-likeness (QED) is 0.439. The van der Waals surface area contributed by atoms with Crippen LogP contribution in [0.3, 0.4) is 0 Å². The lowest BCUT2D eigenvalue weighted by molar-refractivity contribution is 0.102. The predicted molar refractivity (Wildman–Crippen MR) is 124 cm³/mol. The van der Waals surface area contributed by atoms with Gasteiger partial charge in [0.15, 0.2) is 0 Å². The number of carbonyl (C=O) groups is 1. The number of hydrogen-bond acceptors (Lipinski definition) is 5. The Morgan fingerprint density at radius 1 is 0.875 bits per heavy atom. The van der Waals surface area contributed by atoms with Crippen LogP contribution in [0.15, 0.2) is 86.9 Å². The van der Waals surface area contributed by atoms with Gasteiger partial charge in [-0.15, -0.1) is 0 Å². The van der Waals surface area contributed by atoms with Crippen molar-refractivity contribution >= 4 is 38.3 Å². The lowest BCUT2D eigenvalue weighted by Gasteiger charge is -2.13. The monoisotopic (exact) mass is 448 g/mol. The lowest BCUT2D eigenvalue weighted by Crippen LogP contribution is -2.20. The third-order valence-corrected chi connectivity index (χ3v) is 6.39. The van der Waals surface area contributed by atoms with Gasteiger partial charge < -0.3 is 9.73 Å². The van der Waals surface area contributed by atoms with Gasteiger partial charge in [0, 0.05) is 11.1 Å². The Kier molecular flexibility index (Phi) is 5.54. The molecule has 0 unspecified atom stereocenters. The molecule has 0 saturated carbocycles. The predicted octanol–water partition coefficient (Wildman–Crippen LogP) is 4.46. The van der Waals surface area contributed by atoms with E-state index in [-0.39, 0.29) is 10.5 Å². The molecule has 3 aromatic carbocycles. The molecular weight excluding hydrogens is 428 g/mol. The van der Waals surface area contributed by atoms with E-state index in [1.54, 1.807) is 24.3 Å². The average Bonchev–Trinajstić information content (AvgIpc) is 2.76. The second-order valence-corrected chi connectivity index (χ2v) is 9.02. The summed E-state index contributed by atoms with van der Waals surface area (Å²) >= 11 is 0. The van der Waals surface area contributed by atoms with E-state index in [0.29, 0.717) is 22.3 Å². The van der Waals surface area contributed by atoms with Crippen LogP contribution in [-0.4, -0.2) is 14.3 Å². The molecule has 1 amide bonds. The number of para-hydroxylation sites is 2. The van der Waals surface area contributed by atoms with Gasteiger partial charge in [0.2, 0.25) is 0 Å². The van der Waals surface area contributed by atoms with E-state index in [0.717, 1.165) is 11.1 Å². The largest absolute Gasteiger partial charge is 0.422 e. The molecule has 4 aromatic rings. The molecule has 0 aliphatic rings. The fourth-order valence-electron chi connectivity index (χ4n) is 3.30. The van der Waals surface area contributed by atoms with Crippen LogP contribution in [0.1, 0.15) is 21.5 Å². The maximum atomic E-state index is 12.8. The molecule has 0 radical (unpaired) electrons. The number of nitrogens with one attached hydrogen (secondary N) is 2. The Hall–Kier alpha value is -3.91. The second-order valence-electron chi connectivity index (χ2n) is 7.34. The molecule has 4 rings (SSSR count). The summed E-state index contributed by atoms with van der Waals surface area (Å²) in [5.41, 5.74) is 2.00. The zero-order chi connectivity index (χ0) is 22.9. The highest BCUT2D eigenvalue weighted by Crippen LogP contribution is 2.24. The van der Waals surface area contributed by atoms with Crippen LogP contribution in [0.4, 0.5) is 11.4 Å². The molecule has 162 valence electrons. The van der Waals surface area contributed by atoms with Gasteiger partial charge in [0.25, 0.3) is 15.9 Å². The summed E-state index contributed by atoms with van der Waals surface area (Å²) in [5, 5.41) is 3.22. The number of fused-ring (bicyclic) bond motifs is 1. The first-order chi connectivity index (χ1) is 15.2. The molecule has 8 heteroatoms. The molecule has 0 aliphatic heterocycles. The zero-order valence-electron chi connectivity index (χ0n) is 17.4. The van der Waals surface area contributed by atoms with Gasteiger partial charge in [0.05, 0.1) is 10.6 Å². The van der Waals surface area contributed by atoms with E-state index < -0.39 is 21.6 Å². The van der Waals surface area contributed by atoms with E-state index in [9.17, 15) is 18.0 Å². The van der Waals surface area contributed by atoms with Gasteiger partial charge in [-0.05, 0) is 61.4 Å². The van der Waals surface area contributed by atoms with E-state index >= 15 is 0 Å². The van der Waals surface area contributed by atoms with Crippen molar-refractivity contribution < 1.29 is 17.6 Å². The third-order valence-electron chi connectivity index (χ3n) is 5.03. The molecule has 7 nitrogen and oxygen atoms in total. The third kappa shape index (κ3) is 4.26. The number of hydrogen-bond donors (Lipinski definition) is 2. The van der Waals surface area contributed by atoms with Crippen LogP contribution >= 0.6 is 0 Å². The van der Waals surface area contributed by atoms with Gasteiger partial charge in [-0.1, -0.05) is 36.4 Å². The molecule has 0 fully saturated rings. The van der Waals surface area contributed by atoms with E-state index in [4.69, 9.17) is 4.42 Å². The van der Waals surface area contributed by atoms with Crippen LogP contribution in [0.25, 0.3) is 11.0 Å². The van der Waals surface area contributed by atoms with Gasteiger partial charge in [0.1, 0.15) is 11.1 Å². The van der Waals surface area contributed by atoms with Crippen molar-refractivity contribution in [3.63, 3.8) is 0 Å². The van der Waals surface area contributed by atoms with Crippen LogP contribution in [-0.2, 0) is 10.0 Å². The minimum atomic E-state index is -3.81. The van der Waals surface area contributed by atoms with Crippen LogP contribution in [0, 0.1) is 13.8 Å². The van der Waals surface area contributed by atoms with Crippen molar-refractivity contribution in [1.82, 2.24) is 0 Å².